The molecule has 0 bridgehead atoms. The number of hydrogen-bond donors (Lipinski definition) is 3. The van der Waals surface area contributed by atoms with E-state index in [-0.39, 0.29) is 5.91 Å². The number of hydrogen-bond acceptors (Lipinski definition) is 4. The van der Waals surface area contributed by atoms with Crippen LogP contribution in [-0.4, -0.2) is 48.6 Å². The highest BCUT2D eigenvalue weighted by Crippen LogP contribution is 2.10. The second-order valence-corrected chi connectivity index (χ2v) is 4.58. The van der Waals surface area contributed by atoms with Crippen LogP contribution in [0.1, 0.15) is 26.7 Å². The van der Waals surface area contributed by atoms with Crippen molar-refractivity contribution in [1.29, 1.82) is 0 Å². The molecule has 98 valence electrons. The number of primary amides is 1. The number of nitrogens with two attached hydrogens (primary N) is 1. The summed E-state index contributed by atoms with van der Waals surface area (Å²) in [7, 11) is 0. The summed E-state index contributed by atoms with van der Waals surface area (Å²) >= 11 is 0. The average Bonchev–Trinajstić information content (AvgIpc) is 2.77. The molecule has 6 heteroatoms. The van der Waals surface area contributed by atoms with Crippen LogP contribution < -0.4 is 16.4 Å². The van der Waals surface area contributed by atoms with Crippen molar-refractivity contribution in [3.05, 3.63) is 0 Å². The molecule has 1 aliphatic heterocycles. The lowest BCUT2D eigenvalue weighted by Gasteiger charge is -2.25. The van der Waals surface area contributed by atoms with Crippen molar-refractivity contribution in [2.45, 2.75) is 38.8 Å². The van der Waals surface area contributed by atoms with Crippen LogP contribution in [0.4, 0.5) is 4.79 Å². The van der Waals surface area contributed by atoms with Gasteiger partial charge in [-0.25, -0.2) is 4.79 Å². The summed E-state index contributed by atoms with van der Waals surface area (Å²) in [6.45, 7) is 6.84. The van der Waals surface area contributed by atoms with Gasteiger partial charge in [-0.3, -0.25) is 15.0 Å². The van der Waals surface area contributed by atoms with Gasteiger partial charge in [-0.15, -0.1) is 0 Å². The number of nitrogens with one attached hydrogen (secondary N) is 2. The molecule has 2 unspecified atom stereocenters. The largest absolute Gasteiger partial charge is 0.351 e. The Morgan fingerprint density at radius 3 is 2.41 bits per heavy atom. The number of likely N-dealkylation sites (tertiary alicyclic amines) is 1. The van der Waals surface area contributed by atoms with E-state index >= 15 is 0 Å². The predicted molar refractivity (Wildman–Crippen MR) is 65.5 cm³/mol. The average molecular weight is 242 g/mol. The molecule has 0 aromatic carbocycles. The zero-order valence-corrected chi connectivity index (χ0v) is 10.5. The Morgan fingerprint density at radius 2 is 1.88 bits per heavy atom. The van der Waals surface area contributed by atoms with Gasteiger partial charge >= 0.3 is 6.03 Å². The van der Waals surface area contributed by atoms with Gasteiger partial charge < -0.3 is 11.1 Å². The summed E-state index contributed by atoms with van der Waals surface area (Å²) in [5.41, 5.74) is 4.88. The van der Waals surface area contributed by atoms with Crippen molar-refractivity contribution in [2.24, 2.45) is 5.73 Å². The first-order valence-electron chi connectivity index (χ1n) is 6.08. The van der Waals surface area contributed by atoms with Crippen molar-refractivity contribution in [2.75, 3.05) is 19.6 Å². The molecule has 17 heavy (non-hydrogen) atoms. The van der Waals surface area contributed by atoms with Crippen LogP contribution in [-0.2, 0) is 4.79 Å². The molecule has 1 heterocycles. The standard InChI is InChI=1S/C11H22N4O2/c1-8(15-5-3-4-6-15)7-13-9(2)10(16)14-11(12)17/h8-9,13H,3-7H2,1-2H3,(H3,12,14,16,17). The van der Waals surface area contributed by atoms with Crippen molar-refractivity contribution in [1.82, 2.24) is 15.5 Å². The van der Waals surface area contributed by atoms with E-state index in [9.17, 15) is 9.59 Å². The lowest BCUT2D eigenvalue weighted by molar-refractivity contribution is -0.121. The van der Waals surface area contributed by atoms with Crippen LogP contribution in [0.5, 0.6) is 0 Å². The highest BCUT2D eigenvalue weighted by molar-refractivity contribution is 5.96. The number of urea groups is 1. The minimum absolute atomic E-state index is 0.383. The molecule has 0 aliphatic carbocycles. The molecular formula is C11H22N4O2. The summed E-state index contributed by atoms with van der Waals surface area (Å²) in [6.07, 6.45) is 2.50. The maximum atomic E-state index is 11.4. The smallest absolute Gasteiger partial charge is 0.318 e. The molecule has 0 spiro atoms. The van der Waals surface area contributed by atoms with E-state index in [1.165, 1.54) is 12.8 Å². The fourth-order valence-corrected chi connectivity index (χ4v) is 1.98. The van der Waals surface area contributed by atoms with Gasteiger partial charge in [-0.1, -0.05) is 0 Å². The zero-order chi connectivity index (χ0) is 12.8. The summed E-state index contributed by atoms with van der Waals surface area (Å²) in [5, 5.41) is 5.16. The number of carbonyl (C=O) groups is 2. The Bertz CT molecular complexity index is 277. The zero-order valence-electron chi connectivity index (χ0n) is 10.5. The Morgan fingerprint density at radius 1 is 1.29 bits per heavy atom. The normalized spacial score (nSPS) is 19.9. The van der Waals surface area contributed by atoms with Crippen LogP contribution in [0.2, 0.25) is 0 Å². The summed E-state index contributed by atoms with van der Waals surface area (Å²) in [6, 6.07) is -0.815. The van der Waals surface area contributed by atoms with Gasteiger partial charge in [0.25, 0.3) is 0 Å². The number of carbonyl (C=O) groups excluding carboxylic acids is 2. The van der Waals surface area contributed by atoms with Gasteiger partial charge in [0.2, 0.25) is 5.91 Å². The van der Waals surface area contributed by atoms with E-state index in [4.69, 9.17) is 5.73 Å². The van der Waals surface area contributed by atoms with Gasteiger partial charge in [-0.2, -0.15) is 0 Å². The van der Waals surface area contributed by atoms with Crippen molar-refractivity contribution < 1.29 is 9.59 Å². The van der Waals surface area contributed by atoms with Gasteiger partial charge in [0.15, 0.2) is 0 Å². The van der Waals surface area contributed by atoms with E-state index in [0.717, 1.165) is 19.6 Å². The summed E-state index contributed by atoms with van der Waals surface area (Å²) < 4.78 is 0. The second-order valence-electron chi connectivity index (χ2n) is 4.58. The van der Waals surface area contributed by atoms with E-state index in [0.29, 0.717) is 6.04 Å². The van der Waals surface area contributed by atoms with Crippen LogP contribution in [0.25, 0.3) is 0 Å². The third-order valence-corrected chi connectivity index (χ3v) is 3.12. The van der Waals surface area contributed by atoms with E-state index in [2.05, 4.69) is 22.5 Å². The first-order valence-corrected chi connectivity index (χ1v) is 6.08. The number of imide groups is 1. The number of nitrogens with zero attached hydrogens (tertiary/aromatic N) is 1. The summed E-state index contributed by atoms with van der Waals surface area (Å²) in [4.78, 5) is 24.3. The maximum Gasteiger partial charge on any atom is 0.318 e. The quantitative estimate of drug-likeness (QED) is 0.614. The topological polar surface area (TPSA) is 87.5 Å². The van der Waals surface area contributed by atoms with Crippen molar-refractivity contribution in [3.8, 4) is 0 Å². The SMILES string of the molecule is CC(NCC(C)N1CCCC1)C(=O)NC(N)=O. The van der Waals surface area contributed by atoms with Crippen LogP contribution in [0.3, 0.4) is 0 Å². The first-order chi connectivity index (χ1) is 8.00. The molecule has 0 aromatic heterocycles. The molecule has 0 aromatic rings. The molecule has 1 saturated heterocycles. The molecule has 1 fully saturated rings. The van der Waals surface area contributed by atoms with Gasteiger partial charge in [0.1, 0.15) is 0 Å². The lowest BCUT2D eigenvalue weighted by atomic mass is 10.2. The fourth-order valence-electron chi connectivity index (χ4n) is 1.98. The monoisotopic (exact) mass is 242 g/mol. The molecule has 3 amide bonds. The second kappa shape index (κ2) is 6.56. The Hall–Kier alpha value is -1.14. The molecule has 2 atom stereocenters. The van der Waals surface area contributed by atoms with Crippen LogP contribution in [0, 0.1) is 0 Å². The van der Waals surface area contributed by atoms with Gasteiger partial charge in [0.05, 0.1) is 6.04 Å². The van der Waals surface area contributed by atoms with Crippen LogP contribution in [0.15, 0.2) is 0 Å². The van der Waals surface area contributed by atoms with Crippen molar-refractivity contribution >= 4 is 11.9 Å². The molecule has 0 radical (unpaired) electrons. The Balaban J connectivity index is 2.24. The first kappa shape index (κ1) is 13.9. The molecule has 1 aliphatic rings. The maximum absolute atomic E-state index is 11.4. The predicted octanol–water partition coefficient (Wildman–Crippen LogP) is -0.356. The highest BCUT2D eigenvalue weighted by Gasteiger charge is 2.20. The minimum Gasteiger partial charge on any atom is -0.351 e. The molecule has 4 N–H and O–H groups in total. The molecule has 0 saturated carbocycles. The fraction of sp³-hybridized carbons (Fsp3) is 0.818. The third kappa shape index (κ3) is 4.70. The summed E-state index contributed by atoms with van der Waals surface area (Å²) in [5.74, 6) is -0.383. The molecule has 6 nitrogen and oxygen atoms in total. The Kier molecular flexibility index (Phi) is 5.37. The molecular weight excluding hydrogens is 220 g/mol. The lowest BCUT2D eigenvalue weighted by Crippen LogP contribution is -2.49. The molecule has 1 rings (SSSR count). The number of amides is 3. The highest BCUT2D eigenvalue weighted by atomic mass is 16.2. The third-order valence-electron chi connectivity index (χ3n) is 3.12. The van der Waals surface area contributed by atoms with E-state index in [1.54, 1.807) is 6.92 Å². The van der Waals surface area contributed by atoms with Gasteiger partial charge in [-0.05, 0) is 39.8 Å². The van der Waals surface area contributed by atoms with Gasteiger partial charge in [0, 0.05) is 12.6 Å². The van der Waals surface area contributed by atoms with Crippen molar-refractivity contribution in [3.63, 3.8) is 0 Å². The van der Waals surface area contributed by atoms with Crippen LogP contribution >= 0.6 is 0 Å². The van der Waals surface area contributed by atoms with E-state index in [1.807, 2.05) is 0 Å². The van der Waals surface area contributed by atoms with E-state index < -0.39 is 12.1 Å². The number of rotatable bonds is 5. The minimum atomic E-state index is -0.809. The Labute approximate surface area is 102 Å².